The second-order valence-electron chi connectivity index (χ2n) is 5.05. The lowest BCUT2D eigenvalue weighted by molar-refractivity contribution is 0.279. The summed E-state index contributed by atoms with van der Waals surface area (Å²) in [6.07, 6.45) is 3.75. The maximum absolute atomic E-state index is 6.16. The third kappa shape index (κ3) is 3.06. The van der Waals surface area contributed by atoms with Crippen molar-refractivity contribution in [3.05, 3.63) is 18.2 Å². The van der Waals surface area contributed by atoms with E-state index in [9.17, 15) is 0 Å². The minimum absolute atomic E-state index is 0.0665. The van der Waals surface area contributed by atoms with E-state index in [0.29, 0.717) is 12.0 Å². The summed E-state index contributed by atoms with van der Waals surface area (Å²) in [5.74, 6) is 0.435. The second kappa shape index (κ2) is 5.46. The largest absolute Gasteiger partial charge is 0.332 e. The summed E-state index contributed by atoms with van der Waals surface area (Å²) in [5, 5.41) is 0. The molecule has 0 spiro atoms. The predicted octanol–water partition coefficient (Wildman–Crippen LogP) is 1.49. The molecule has 4 nitrogen and oxygen atoms in total. The predicted molar refractivity (Wildman–Crippen MR) is 67.1 cm³/mol. The number of nitrogens with two attached hydrogens (primary N) is 1. The van der Waals surface area contributed by atoms with Gasteiger partial charge in [-0.2, -0.15) is 0 Å². The lowest BCUT2D eigenvalue weighted by atomic mass is 10.0. The smallest absolute Gasteiger partial charge is 0.0949 e. The van der Waals surface area contributed by atoms with Crippen molar-refractivity contribution >= 4 is 0 Å². The van der Waals surface area contributed by atoms with Crippen LogP contribution in [0.2, 0.25) is 0 Å². The SMILES string of the molecule is CC(C)C(N)c1cncn1CC(C)N(C)C. The molecule has 2 N–H and O–H groups in total. The maximum Gasteiger partial charge on any atom is 0.0949 e. The van der Waals surface area contributed by atoms with E-state index < -0.39 is 0 Å². The van der Waals surface area contributed by atoms with Gasteiger partial charge in [-0.15, -0.1) is 0 Å². The van der Waals surface area contributed by atoms with Gasteiger partial charge in [-0.1, -0.05) is 13.8 Å². The van der Waals surface area contributed by atoms with Crippen LogP contribution >= 0.6 is 0 Å². The van der Waals surface area contributed by atoms with Crippen molar-refractivity contribution < 1.29 is 0 Å². The Morgan fingerprint density at radius 2 is 2.00 bits per heavy atom. The van der Waals surface area contributed by atoms with Gasteiger partial charge in [0.05, 0.1) is 12.0 Å². The Hall–Kier alpha value is -0.870. The number of hydrogen-bond donors (Lipinski definition) is 1. The number of likely N-dealkylation sites (N-methyl/N-ethyl adjacent to an activating group) is 1. The molecule has 0 saturated heterocycles. The van der Waals surface area contributed by atoms with Crippen LogP contribution in [0.4, 0.5) is 0 Å². The highest BCUT2D eigenvalue weighted by molar-refractivity contribution is 5.05. The molecule has 0 bridgehead atoms. The van der Waals surface area contributed by atoms with E-state index >= 15 is 0 Å². The van der Waals surface area contributed by atoms with Crippen molar-refractivity contribution in [1.29, 1.82) is 0 Å². The molecule has 1 aromatic rings. The lowest BCUT2D eigenvalue weighted by Gasteiger charge is -2.23. The van der Waals surface area contributed by atoms with E-state index in [1.165, 1.54) is 0 Å². The topological polar surface area (TPSA) is 47.1 Å². The molecule has 16 heavy (non-hydrogen) atoms. The zero-order valence-corrected chi connectivity index (χ0v) is 11.0. The summed E-state index contributed by atoms with van der Waals surface area (Å²) in [7, 11) is 4.17. The highest BCUT2D eigenvalue weighted by Crippen LogP contribution is 2.18. The third-order valence-electron chi connectivity index (χ3n) is 3.15. The summed E-state index contributed by atoms with van der Waals surface area (Å²) in [6, 6.07) is 0.546. The molecule has 0 aliphatic heterocycles. The Morgan fingerprint density at radius 3 is 2.50 bits per heavy atom. The van der Waals surface area contributed by atoms with Gasteiger partial charge >= 0.3 is 0 Å². The van der Waals surface area contributed by atoms with Crippen LogP contribution in [0.15, 0.2) is 12.5 Å². The molecule has 0 aliphatic rings. The minimum atomic E-state index is 0.0665. The zero-order valence-electron chi connectivity index (χ0n) is 11.0. The van der Waals surface area contributed by atoms with Crippen molar-refractivity contribution in [3.63, 3.8) is 0 Å². The highest BCUT2D eigenvalue weighted by atomic mass is 15.2. The van der Waals surface area contributed by atoms with E-state index in [-0.39, 0.29) is 6.04 Å². The van der Waals surface area contributed by atoms with Crippen LogP contribution in [0, 0.1) is 5.92 Å². The number of aromatic nitrogens is 2. The Bertz CT molecular complexity index is 317. The van der Waals surface area contributed by atoms with Gasteiger partial charge in [-0.3, -0.25) is 0 Å². The molecule has 1 heterocycles. The Morgan fingerprint density at radius 1 is 1.38 bits per heavy atom. The van der Waals surface area contributed by atoms with E-state index in [2.05, 4.69) is 49.3 Å². The van der Waals surface area contributed by atoms with Gasteiger partial charge in [0, 0.05) is 24.8 Å². The van der Waals surface area contributed by atoms with Crippen molar-refractivity contribution in [2.75, 3.05) is 14.1 Å². The molecule has 92 valence electrons. The fraction of sp³-hybridized carbons (Fsp3) is 0.750. The van der Waals surface area contributed by atoms with Gasteiger partial charge in [0.2, 0.25) is 0 Å². The summed E-state index contributed by atoms with van der Waals surface area (Å²) in [6.45, 7) is 7.40. The van der Waals surface area contributed by atoms with E-state index in [1.807, 2.05) is 12.5 Å². The molecule has 1 aromatic heterocycles. The number of hydrogen-bond acceptors (Lipinski definition) is 3. The van der Waals surface area contributed by atoms with Gasteiger partial charge in [0.25, 0.3) is 0 Å². The molecule has 0 saturated carbocycles. The molecular weight excluding hydrogens is 200 g/mol. The summed E-state index contributed by atoms with van der Waals surface area (Å²) in [5.41, 5.74) is 7.29. The molecule has 1 rings (SSSR count). The van der Waals surface area contributed by atoms with Gasteiger partial charge in [0.1, 0.15) is 0 Å². The zero-order chi connectivity index (χ0) is 12.3. The molecule has 2 unspecified atom stereocenters. The number of nitrogens with zero attached hydrogens (tertiary/aromatic N) is 3. The number of rotatable bonds is 5. The fourth-order valence-electron chi connectivity index (χ4n) is 1.55. The number of imidazole rings is 1. The first-order chi connectivity index (χ1) is 7.43. The monoisotopic (exact) mass is 224 g/mol. The maximum atomic E-state index is 6.16. The van der Waals surface area contributed by atoms with Crippen LogP contribution in [-0.2, 0) is 6.54 Å². The lowest BCUT2D eigenvalue weighted by Crippen LogP contribution is -2.31. The van der Waals surface area contributed by atoms with Crippen molar-refractivity contribution in [2.45, 2.75) is 39.4 Å². The molecule has 0 radical (unpaired) electrons. The quantitative estimate of drug-likeness (QED) is 0.824. The van der Waals surface area contributed by atoms with Crippen molar-refractivity contribution in [3.8, 4) is 0 Å². The normalized spacial score (nSPS) is 15.8. The molecule has 0 aliphatic carbocycles. The van der Waals surface area contributed by atoms with Crippen LogP contribution < -0.4 is 5.73 Å². The fourth-order valence-corrected chi connectivity index (χ4v) is 1.55. The molecule has 0 fully saturated rings. The van der Waals surface area contributed by atoms with E-state index in [0.717, 1.165) is 12.2 Å². The van der Waals surface area contributed by atoms with E-state index in [1.54, 1.807) is 0 Å². The van der Waals surface area contributed by atoms with Gasteiger partial charge < -0.3 is 15.2 Å². The van der Waals surface area contributed by atoms with Crippen LogP contribution in [0.1, 0.15) is 32.5 Å². The standard InChI is InChI=1S/C12H24N4/c1-9(2)12(13)11-6-14-8-16(11)7-10(3)15(4)5/h6,8-10,12H,7,13H2,1-5H3. The van der Waals surface area contributed by atoms with Crippen LogP contribution in [0.25, 0.3) is 0 Å². The summed E-state index contributed by atoms with van der Waals surface area (Å²) in [4.78, 5) is 6.40. The van der Waals surface area contributed by atoms with Crippen molar-refractivity contribution in [2.24, 2.45) is 11.7 Å². The third-order valence-corrected chi connectivity index (χ3v) is 3.15. The average molecular weight is 224 g/mol. The molecular formula is C12H24N4. The Kier molecular flexibility index (Phi) is 4.50. The van der Waals surface area contributed by atoms with Crippen LogP contribution in [0.3, 0.4) is 0 Å². The van der Waals surface area contributed by atoms with Gasteiger partial charge in [0.15, 0.2) is 0 Å². The first-order valence-corrected chi connectivity index (χ1v) is 5.85. The highest BCUT2D eigenvalue weighted by Gasteiger charge is 2.16. The Labute approximate surface area is 98.5 Å². The second-order valence-corrected chi connectivity index (χ2v) is 5.05. The van der Waals surface area contributed by atoms with Gasteiger partial charge in [-0.05, 0) is 26.9 Å². The van der Waals surface area contributed by atoms with Crippen molar-refractivity contribution in [1.82, 2.24) is 14.5 Å². The van der Waals surface area contributed by atoms with Gasteiger partial charge in [-0.25, -0.2) is 4.98 Å². The molecule has 0 amide bonds. The summed E-state index contributed by atoms with van der Waals surface area (Å²) < 4.78 is 2.16. The Balaban J connectivity index is 2.78. The average Bonchev–Trinajstić information content (AvgIpc) is 2.64. The molecule has 2 atom stereocenters. The first kappa shape index (κ1) is 13.2. The molecule has 4 heteroatoms. The van der Waals surface area contributed by atoms with Crippen LogP contribution in [0.5, 0.6) is 0 Å². The first-order valence-electron chi connectivity index (χ1n) is 5.85. The molecule has 0 aromatic carbocycles. The minimum Gasteiger partial charge on any atom is -0.332 e. The summed E-state index contributed by atoms with van der Waals surface area (Å²) >= 11 is 0. The van der Waals surface area contributed by atoms with Crippen LogP contribution in [-0.4, -0.2) is 34.6 Å². The van der Waals surface area contributed by atoms with E-state index in [4.69, 9.17) is 5.73 Å².